The van der Waals surface area contributed by atoms with Crippen molar-refractivity contribution in [1.82, 2.24) is 14.8 Å². The minimum atomic E-state index is -0.460. The van der Waals surface area contributed by atoms with Crippen LogP contribution in [0.5, 0.6) is 0 Å². The highest BCUT2D eigenvalue weighted by molar-refractivity contribution is 5.33. The van der Waals surface area contributed by atoms with Crippen LogP contribution in [0.15, 0.2) is 36.9 Å². The quantitative estimate of drug-likeness (QED) is 0.805. The minimum absolute atomic E-state index is 0.460. The van der Waals surface area contributed by atoms with Crippen LogP contribution in [-0.2, 0) is 12.0 Å². The summed E-state index contributed by atoms with van der Waals surface area (Å²) in [6.45, 7) is 4.51. The topological polar surface area (TPSA) is 54.5 Å². The summed E-state index contributed by atoms with van der Waals surface area (Å²) in [6, 6.07) is 10.3. The molecule has 4 nitrogen and oxygen atoms in total. The fourth-order valence-corrected chi connectivity index (χ4v) is 1.62. The molecule has 0 aliphatic heterocycles. The van der Waals surface area contributed by atoms with Crippen molar-refractivity contribution in [3.63, 3.8) is 0 Å². The molecule has 0 aliphatic carbocycles. The summed E-state index contributed by atoms with van der Waals surface area (Å²) in [5.41, 5.74) is 1.69. The molecule has 1 aromatic carbocycles. The van der Waals surface area contributed by atoms with Gasteiger partial charge in [0, 0.05) is 0 Å². The molecule has 0 fully saturated rings. The highest BCUT2D eigenvalue weighted by Crippen LogP contribution is 2.22. The molecule has 0 unspecified atom stereocenters. The predicted molar refractivity (Wildman–Crippen MR) is 64.2 cm³/mol. The molecule has 0 spiro atoms. The molecule has 0 amide bonds. The molecule has 0 saturated carbocycles. The maximum Gasteiger partial charge on any atom is 0.137 e. The first kappa shape index (κ1) is 11.3. The highest BCUT2D eigenvalue weighted by atomic mass is 15.3. The van der Waals surface area contributed by atoms with Gasteiger partial charge in [-0.1, -0.05) is 24.3 Å². The molecular formula is C13H14N4. The van der Waals surface area contributed by atoms with E-state index in [9.17, 15) is 0 Å². The fraction of sp³-hybridized carbons (Fsp3) is 0.308. The van der Waals surface area contributed by atoms with Crippen molar-refractivity contribution in [3.05, 3.63) is 48.0 Å². The van der Waals surface area contributed by atoms with E-state index in [0.717, 1.165) is 11.1 Å². The third-order valence-electron chi connectivity index (χ3n) is 2.74. The van der Waals surface area contributed by atoms with E-state index < -0.39 is 5.41 Å². The van der Waals surface area contributed by atoms with Crippen LogP contribution >= 0.6 is 0 Å². The van der Waals surface area contributed by atoms with Crippen molar-refractivity contribution in [3.8, 4) is 6.07 Å². The Morgan fingerprint density at radius 2 is 2.24 bits per heavy atom. The van der Waals surface area contributed by atoms with E-state index in [-0.39, 0.29) is 0 Å². The first-order valence-corrected chi connectivity index (χ1v) is 5.45. The zero-order chi connectivity index (χ0) is 12.3. The van der Waals surface area contributed by atoms with Gasteiger partial charge in [0.25, 0.3) is 0 Å². The Morgan fingerprint density at radius 3 is 2.88 bits per heavy atom. The van der Waals surface area contributed by atoms with E-state index in [0.29, 0.717) is 6.54 Å². The number of aromatic nitrogens is 3. The summed E-state index contributed by atoms with van der Waals surface area (Å²) >= 11 is 0. The van der Waals surface area contributed by atoms with Crippen LogP contribution in [0.3, 0.4) is 0 Å². The van der Waals surface area contributed by atoms with Crippen molar-refractivity contribution in [2.75, 3.05) is 0 Å². The minimum Gasteiger partial charge on any atom is -0.249 e. The predicted octanol–water partition coefficient (Wildman–Crippen LogP) is 2.13. The van der Waals surface area contributed by atoms with Gasteiger partial charge in [0.05, 0.1) is 18.0 Å². The summed E-state index contributed by atoms with van der Waals surface area (Å²) in [5.74, 6) is 0. The summed E-state index contributed by atoms with van der Waals surface area (Å²) < 4.78 is 1.76. The second-order valence-corrected chi connectivity index (χ2v) is 4.53. The number of hydrogen-bond donors (Lipinski definition) is 0. The molecule has 2 aromatic rings. The number of benzene rings is 1. The lowest BCUT2D eigenvalue weighted by Gasteiger charge is -2.16. The third-order valence-corrected chi connectivity index (χ3v) is 2.74. The van der Waals surface area contributed by atoms with E-state index in [1.165, 1.54) is 6.33 Å². The number of nitriles is 1. The highest BCUT2D eigenvalue weighted by Gasteiger charge is 2.19. The lowest BCUT2D eigenvalue weighted by molar-refractivity contribution is 0.667. The van der Waals surface area contributed by atoms with Gasteiger partial charge in [0.2, 0.25) is 0 Å². The summed E-state index contributed by atoms with van der Waals surface area (Å²) in [5, 5.41) is 13.2. The fourth-order valence-electron chi connectivity index (χ4n) is 1.62. The van der Waals surface area contributed by atoms with Gasteiger partial charge in [0.1, 0.15) is 12.7 Å². The molecular weight excluding hydrogens is 212 g/mol. The Bertz CT molecular complexity index is 535. The molecule has 2 rings (SSSR count). The van der Waals surface area contributed by atoms with Crippen LogP contribution in [-0.4, -0.2) is 14.8 Å². The number of nitrogens with zero attached hydrogens (tertiary/aromatic N) is 4. The monoisotopic (exact) mass is 226 g/mol. The number of rotatable bonds is 3. The molecule has 0 saturated heterocycles. The Kier molecular flexibility index (Phi) is 2.92. The van der Waals surface area contributed by atoms with Crippen LogP contribution in [0.25, 0.3) is 0 Å². The molecule has 0 radical (unpaired) electrons. The third kappa shape index (κ3) is 2.51. The van der Waals surface area contributed by atoms with Gasteiger partial charge in [-0.2, -0.15) is 10.4 Å². The van der Waals surface area contributed by atoms with E-state index >= 15 is 0 Å². The van der Waals surface area contributed by atoms with Gasteiger partial charge in [-0.25, -0.2) is 9.67 Å². The van der Waals surface area contributed by atoms with Crippen LogP contribution in [0.4, 0.5) is 0 Å². The summed E-state index contributed by atoms with van der Waals surface area (Å²) in [4.78, 5) is 3.91. The summed E-state index contributed by atoms with van der Waals surface area (Å²) in [7, 11) is 0. The molecule has 17 heavy (non-hydrogen) atoms. The maximum atomic E-state index is 9.12. The second kappa shape index (κ2) is 4.38. The van der Waals surface area contributed by atoms with Gasteiger partial charge < -0.3 is 0 Å². The normalized spacial score (nSPS) is 11.1. The van der Waals surface area contributed by atoms with Gasteiger partial charge in [-0.3, -0.25) is 0 Å². The number of hydrogen-bond acceptors (Lipinski definition) is 3. The molecule has 0 atom stereocenters. The van der Waals surface area contributed by atoms with E-state index in [1.54, 1.807) is 11.0 Å². The maximum absolute atomic E-state index is 9.12. The van der Waals surface area contributed by atoms with Crippen molar-refractivity contribution < 1.29 is 0 Å². The zero-order valence-electron chi connectivity index (χ0n) is 9.96. The lowest BCUT2D eigenvalue weighted by Crippen LogP contribution is -2.14. The van der Waals surface area contributed by atoms with Gasteiger partial charge in [-0.15, -0.1) is 0 Å². The van der Waals surface area contributed by atoms with Crippen molar-refractivity contribution in [1.29, 1.82) is 5.26 Å². The average molecular weight is 226 g/mol. The molecule has 1 aromatic heterocycles. The molecule has 1 heterocycles. The lowest BCUT2D eigenvalue weighted by atomic mass is 9.85. The zero-order valence-corrected chi connectivity index (χ0v) is 9.96. The molecule has 0 N–H and O–H groups in total. The summed E-state index contributed by atoms with van der Waals surface area (Å²) in [6.07, 6.45) is 3.20. The Morgan fingerprint density at radius 1 is 1.41 bits per heavy atom. The van der Waals surface area contributed by atoms with E-state index in [2.05, 4.69) is 16.2 Å². The van der Waals surface area contributed by atoms with Crippen molar-refractivity contribution in [2.24, 2.45) is 0 Å². The Labute approximate surface area is 101 Å². The largest absolute Gasteiger partial charge is 0.249 e. The van der Waals surface area contributed by atoms with E-state index in [4.69, 9.17) is 5.26 Å². The van der Waals surface area contributed by atoms with E-state index in [1.807, 2.05) is 38.1 Å². The SMILES string of the molecule is CC(C)(C#N)c1cccc(Cn2cncn2)c1. The Balaban J connectivity index is 2.27. The van der Waals surface area contributed by atoms with Crippen LogP contribution in [0, 0.1) is 11.3 Å². The molecule has 0 bridgehead atoms. The van der Waals surface area contributed by atoms with Crippen LogP contribution < -0.4 is 0 Å². The van der Waals surface area contributed by atoms with Gasteiger partial charge in [-0.05, 0) is 25.0 Å². The molecule has 0 aliphatic rings. The van der Waals surface area contributed by atoms with Gasteiger partial charge >= 0.3 is 0 Å². The first-order chi connectivity index (χ1) is 8.12. The standard InChI is InChI=1S/C13H14N4/c1-13(2,8-14)12-5-3-4-11(6-12)7-17-10-15-9-16-17/h3-6,9-10H,7H2,1-2H3. The van der Waals surface area contributed by atoms with Gasteiger partial charge in [0.15, 0.2) is 0 Å². The smallest absolute Gasteiger partial charge is 0.137 e. The second-order valence-electron chi connectivity index (χ2n) is 4.53. The first-order valence-electron chi connectivity index (χ1n) is 5.45. The molecule has 4 heteroatoms. The Hall–Kier alpha value is -2.15. The van der Waals surface area contributed by atoms with Crippen LogP contribution in [0.2, 0.25) is 0 Å². The van der Waals surface area contributed by atoms with Crippen molar-refractivity contribution in [2.45, 2.75) is 25.8 Å². The van der Waals surface area contributed by atoms with Crippen molar-refractivity contribution >= 4 is 0 Å². The average Bonchev–Trinajstić information content (AvgIpc) is 2.82. The molecule has 86 valence electrons. The van der Waals surface area contributed by atoms with Crippen LogP contribution in [0.1, 0.15) is 25.0 Å².